The standard InChI is InChI=1S/C17H28N4O/c1-12(2)6-9-20-10-7-15-14(11-20)16(19-18-15)17(22)21-8-4-5-13(21)3/h12-13H,4-11H2,1-3H3,(H,18,19)/t13-/m1/s1. The monoisotopic (exact) mass is 304 g/mol. The highest BCUT2D eigenvalue weighted by molar-refractivity contribution is 5.94. The molecule has 5 nitrogen and oxygen atoms in total. The van der Waals surface area contributed by atoms with Crippen molar-refractivity contribution in [1.29, 1.82) is 0 Å². The van der Waals surface area contributed by atoms with E-state index in [-0.39, 0.29) is 5.91 Å². The van der Waals surface area contributed by atoms with Crippen LogP contribution in [0.15, 0.2) is 0 Å². The average Bonchev–Trinajstić information content (AvgIpc) is 3.10. The number of likely N-dealkylation sites (tertiary alicyclic amines) is 1. The van der Waals surface area contributed by atoms with E-state index in [0.717, 1.165) is 62.6 Å². The van der Waals surface area contributed by atoms with Gasteiger partial charge in [-0.25, -0.2) is 0 Å². The molecule has 0 aliphatic carbocycles. The fraction of sp³-hybridized carbons (Fsp3) is 0.765. The van der Waals surface area contributed by atoms with E-state index in [9.17, 15) is 4.79 Å². The van der Waals surface area contributed by atoms with Crippen molar-refractivity contribution in [3.63, 3.8) is 0 Å². The van der Waals surface area contributed by atoms with Crippen molar-refractivity contribution < 1.29 is 4.79 Å². The number of aromatic amines is 1. The summed E-state index contributed by atoms with van der Waals surface area (Å²) in [5, 5.41) is 7.47. The largest absolute Gasteiger partial charge is 0.335 e. The van der Waals surface area contributed by atoms with E-state index in [1.54, 1.807) is 0 Å². The summed E-state index contributed by atoms with van der Waals surface area (Å²) in [5.74, 6) is 0.838. The number of carbonyl (C=O) groups excluding carboxylic acids is 1. The third-order valence-corrected chi connectivity index (χ3v) is 5.05. The summed E-state index contributed by atoms with van der Waals surface area (Å²) in [4.78, 5) is 17.2. The molecule has 1 atom stereocenters. The van der Waals surface area contributed by atoms with Crippen LogP contribution in [0.2, 0.25) is 0 Å². The topological polar surface area (TPSA) is 52.2 Å². The van der Waals surface area contributed by atoms with Crippen molar-refractivity contribution in [3.05, 3.63) is 17.0 Å². The van der Waals surface area contributed by atoms with Crippen LogP contribution < -0.4 is 0 Å². The van der Waals surface area contributed by atoms with Gasteiger partial charge in [0.25, 0.3) is 5.91 Å². The van der Waals surface area contributed by atoms with Gasteiger partial charge in [0.1, 0.15) is 0 Å². The number of hydrogen-bond acceptors (Lipinski definition) is 3. The van der Waals surface area contributed by atoms with Crippen LogP contribution in [0.4, 0.5) is 0 Å². The SMILES string of the molecule is CC(C)CCN1CCc2[nH]nc(C(=O)N3CCC[C@H]3C)c2C1. The molecule has 22 heavy (non-hydrogen) atoms. The Balaban J connectivity index is 1.73. The summed E-state index contributed by atoms with van der Waals surface area (Å²) in [5.41, 5.74) is 2.97. The Morgan fingerprint density at radius 2 is 2.23 bits per heavy atom. The van der Waals surface area contributed by atoms with Crippen molar-refractivity contribution in [3.8, 4) is 0 Å². The maximum absolute atomic E-state index is 12.8. The van der Waals surface area contributed by atoms with E-state index >= 15 is 0 Å². The number of rotatable bonds is 4. The Kier molecular flexibility index (Phi) is 4.52. The Labute approximate surface area is 133 Å². The maximum atomic E-state index is 12.8. The molecule has 0 bridgehead atoms. The summed E-state index contributed by atoms with van der Waals surface area (Å²) in [6.07, 6.45) is 4.40. The number of nitrogens with one attached hydrogen (secondary N) is 1. The Morgan fingerprint density at radius 1 is 1.41 bits per heavy atom. The normalized spacial score (nSPS) is 22.4. The Bertz CT molecular complexity index is 537. The summed E-state index contributed by atoms with van der Waals surface area (Å²) in [6.45, 7) is 10.6. The fourth-order valence-corrected chi connectivity index (χ4v) is 3.53. The lowest BCUT2D eigenvalue weighted by Gasteiger charge is -2.28. The van der Waals surface area contributed by atoms with Crippen molar-refractivity contribution in [2.45, 2.75) is 59.0 Å². The van der Waals surface area contributed by atoms with E-state index in [2.05, 4.69) is 35.9 Å². The molecule has 0 unspecified atom stereocenters. The van der Waals surface area contributed by atoms with Gasteiger partial charge < -0.3 is 4.90 Å². The zero-order valence-corrected chi connectivity index (χ0v) is 14.1. The molecule has 3 rings (SSSR count). The number of H-pyrrole nitrogens is 1. The maximum Gasteiger partial charge on any atom is 0.274 e. The summed E-state index contributed by atoms with van der Waals surface area (Å²) < 4.78 is 0. The van der Waals surface area contributed by atoms with Gasteiger partial charge in [-0.05, 0) is 38.6 Å². The molecule has 1 N–H and O–H groups in total. The van der Waals surface area contributed by atoms with Gasteiger partial charge in [-0.15, -0.1) is 0 Å². The molecule has 1 fully saturated rings. The molecule has 3 heterocycles. The second-order valence-corrected chi connectivity index (χ2v) is 7.23. The van der Waals surface area contributed by atoms with Crippen molar-refractivity contribution in [1.82, 2.24) is 20.0 Å². The average molecular weight is 304 g/mol. The Morgan fingerprint density at radius 3 is 2.91 bits per heavy atom. The summed E-state index contributed by atoms with van der Waals surface area (Å²) >= 11 is 0. The minimum absolute atomic E-state index is 0.119. The molecular formula is C17H28N4O. The van der Waals surface area contributed by atoms with Crippen LogP contribution >= 0.6 is 0 Å². The number of nitrogens with zero attached hydrogens (tertiary/aromatic N) is 3. The van der Waals surface area contributed by atoms with Gasteiger partial charge in [0, 0.05) is 43.4 Å². The molecule has 1 saturated heterocycles. The lowest BCUT2D eigenvalue weighted by Crippen LogP contribution is -2.36. The molecule has 0 spiro atoms. The number of fused-ring (bicyclic) bond motifs is 1. The van der Waals surface area contributed by atoms with Crippen LogP contribution in [0.5, 0.6) is 0 Å². The van der Waals surface area contributed by atoms with Crippen molar-refractivity contribution in [2.24, 2.45) is 5.92 Å². The third-order valence-electron chi connectivity index (χ3n) is 5.05. The quantitative estimate of drug-likeness (QED) is 0.929. The molecule has 2 aliphatic rings. The number of aromatic nitrogens is 2. The van der Waals surface area contributed by atoms with Gasteiger partial charge in [-0.1, -0.05) is 13.8 Å². The van der Waals surface area contributed by atoms with E-state index < -0.39 is 0 Å². The minimum Gasteiger partial charge on any atom is -0.335 e. The highest BCUT2D eigenvalue weighted by atomic mass is 16.2. The zero-order chi connectivity index (χ0) is 15.7. The molecule has 1 amide bonds. The van der Waals surface area contributed by atoms with E-state index in [0.29, 0.717) is 11.7 Å². The van der Waals surface area contributed by atoms with Crippen LogP contribution in [0.3, 0.4) is 0 Å². The van der Waals surface area contributed by atoms with Crippen LogP contribution in [0, 0.1) is 5.92 Å². The number of carbonyl (C=O) groups is 1. The van der Waals surface area contributed by atoms with Gasteiger partial charge in [0.2, 0.25) is 0 Å². The molecule has 0 radical (unpaired) electrons. The molecule has 0 aromatic carbocycles. The molecular weight excluding hydrogens is 276 g/mol. The first-order chi connectivity index (χ1) is 10.6. The fourth-order valence-electron chi connectivity index (χ4n) is 3.53. The highest BCUT2D eigenvalue weighted by Gasteiger charge is 2.31. The molecule has 2 aliphatic heterocycles. The zero-order valence-electron chi connectivity index (χ0n) is 14.1. The first kappa shape index (κ1) is 15.5. The van der Waals surface area contributed by atoms with Crippen LogP contribution in [-0.2, 0) is 13.0 Å². The first-order valence-electron chi connectivity index (χ1n) is 8.65. The van der Waals surface area contributed by atoms with Crippen LogP contribution in [-0.4, -0.2) is 51.6 Å². The molecule has 1 aromatic rings. The minimum atomic E-state index is 0.119. The lowest BCUT2D eigenvalue weighted by molar-refractivity contribution is 0.0738. The molecule has 5 heteroatoms. The van der Waals surface area contributed by atoms with Crippen LogP contribution in [0.1, 0.15) is 61.8 Å². The summed E-state index contributed by atoms with van der Waals surface area (Å²) in [6, 6.07) is 0.348. The highest BCUT2D eigenvalue weighted by Crippen LogP contribution is 2.25. The summed E-state index contributed by atoms with van der Waals surface area (Å²) in [7, 11) is 0. The van der Waals surface area contributed by atoms with Gasteiger partial charge in [0.05, 0.1) is 0 Å². The third kappa shape index (κ3) is 3.05. The van der Waals surface area contributed by atoms with Gasteiger partial charge in [0.15, 0.2) is 5.69 Å². The van der Waals surface area contributed by atoms with Gasteiger partial charge in [-0.2, -0.15) is 5.10 Å². The molecule has 122 valence electrons. The van der Waals surface area contributed by atoms with E-state index in [1.807, 2.05) is 4.90 Å². The second-order valence-electron chi connectivity index (χ2n) is 7.23. The molecule has 1 aromatic heterocycles. The predicted octanol–water partition coefficient (Wildman–Crippen LogP) is 2.44. The van der Waals surface area contributed by atoms with Gasteiger partial charge >= 0.3 is 0 Å². The van der Waals surface area contributed by atoms with Crippen LogP contribution in [0.25, 0.3) is 0 Å². The first-order valence-corrected chi connectivity index (χ1v) is 8.65. The smallest absolute Gasteiger partial charge is 0.274 e. The van der Waals surface area contributed by atoms with Crippen molar-refractivity contribution >= 4 is 5.91 Å². The van der Waals surface area contributed by atoms with E-state index in [1.165, 1.54) is 6.42 Å². The van der Waals surface area contributed by atoms with E-state index in [4.69, 9.17) is 0 Å². The lowest BCUT2D eigenvalue weighted by atomic mass is 10.0. The number of hydrogen-bond donors (Lipinski definition) is 1. The van der Waals surface area contributed by atoms with Crippen molar-refractivity contribution in [2.75, 3.05) is 19.6 Å². The van der Waals surface area contributed by atoms with Gasteiger partial charge in [-0.3, -0.25) is 14.8 Å². The predicted molar refractivity (Wildman–Crippen MR) is 86.8 cm³/mol. The number of amides is 1. The Hall–Kier alpha value is -1.36. The molecule has 0 saturated carbocycles. The second kappa shape index (κ2) is 6.41.